The SMILES string of the molecule is CC1CN(Cc2ccccn2)CCC1NCc1ccc(F)c(CO)c1. The quantitative estimate of drug-likeness (QED) is 0.847. The Bertz CT molecular complexity index is 680. The summed E-state index contributed by atoms with van der Waals surface area (Å²) in [7, 11) is 0. The number of aromatic nitrogens is 1. The maximum Gasteiger partial charge on any atom is 0.128 e. The molecule has 2 aromatic rings. The predicted molar refractivity (Wildman–Crippen MR) is 96.2 cm³/mol. The Morgan fingerprint density at radius 2 is 2.20 bits per heavy atom. The summed E-state index contributed by atoms with van der Waals surface area (Å²) in [4.78, 5) is 6.86. The van der Waals surface area contributed by atoms with Gasteiger partial charge in [-0.1, -0.05) is 19.1 Å². The van der Waals surface area contributed by atoms with Crippen LogP contribution < -0.4 is 5.32 Å². The van der Waals surface area contributed by atoms with Crippen LogP contribution in [-0.2, 0) is 19.7 Å². The predicted octanol–water partition coefficient (Wildman–Crippen LogP) is 2.71. The van der Waals surface area contributed by atoms with Crippen molar-refractivity contribution in [3.05, 3.63) is 65.2 Å². The molecule has 0 radical (unpaired) electrons. The highest BCUT2D eigenvalue weighted by molar-refractivity contribution is 5.24. The first-order valence-electron chi connectivity index (χ1n) is 8.89. The molecule has 1 saturated heterocycles. The second-order valence-corrected chi connectivity index (χ2v) is 6.89. The number of hydrogen-bond acceptors (Lipinski definition) is 4. The lowest BCUT2D eigenvalue weighted by atomic mass is 9.93. The van der Waals surface area contributed by atoms with Crippen LogP contribution >= 0.6 is 0 Å². The molecule has 1 fully saturated rings. The van der Waals surface area contributed by atoms with Crippen LogP contribution in [0.1, 0.15) is 30.2 Å². The molecular weight excluding hydrogens is 317 g/mol. The molecule has 0 aliphatic carbocycles. The lowest BCUT2D eigenvalue weighted by Crippen LogP contribution is -2.47. The monoisotopic (exact) mass is 343 g/mol. The van der Waals surface area contributed by atoms with Gasteiger partial charge >= 0.3 is 0 Å². The van der Waals surface area contributed by atoms with Crippen LogP contribution in [0.5, 0.6) is 0 Å². The van der Waals surface area contributed by atoms with Gasteiger partial charge in [0.2, 0.25) is 0 Å². The van der Waals surface area contributed by atoms with E-state index >= 15 is 0 Å². The van der Waals surface area contributed by atoms with E-state index in [4.69, 9.17) is 0 Å². The first-order valence-corrected chi connectivity index (χ1v) is 8.89. The van der Waals surface area contributed by atoms with Gasteiger partial charge in [-0.05, 0) is 42.2 Å². The number of aliphatic hydroxyl groups is 1. The van der Waals surface area contributed by atoms with Crippen molar-refractivity contribution in [1.82, 2.24) is 15.2 Å². The molecule has 25 heavy (non-hydrogen) atoms. The molecular formula is C20H26FN3O. The number of hydrogen-bond donors (Lipinski definition) is 2. The largest absolute Gasteiger partial charge is 0.392 e. The second-order valence-electron chi connectivity index (χ2n) is 6.89. The summed E-state index contributed by atoms with van der Waals surface area (Å²) in [6.45, 7) is 5.69. The molecule has 0 amide bonds. The first-order chi connectivity index (χ1) is 12.2. The van der Waals surface area contributed by atoms with E-state index in [0.717, 1.165) is 37.3 Å². The third-order valence-corrected chi connectivity index (χ3v) is 4.95. The smallest absolute Gasteiger partial charge is 0.128 e. The molecule has 134 valence electrons. The van der Waals surface area contributed by atoms with E-state index in [1.807, 2.05) is 18.3 Å². The summed E-state index contributed by atoms with van der Waals surface area (Å²) in [5, 5.41) is 12.8. The number of rotatable bonds is 6. The molecule has 0 saturated carbocycles. The normalized spacial score (nSPS) is 21.4. The number of piperidine rings is 1. The summed E-state index contributed by atoms with van der Waals surface area (Å²) >= 11 is 0. The number of benzene rings is 1. The molecule has 4 nitrogen and oxygen atoms in total. The van der Waals surface area contributed by atoms with Crippen molar-refractivity contribution in [1.29, 1.82) is 0 Å². The fraction of sp³-hybridized carbons (Fsp3) is 0.450. The summed E-state index contributed by atoms with van der Waals surface area (Å²) in [6.07, 6.45) is 2.93. The minimum Gasteiger partial charge on any atom is -0.392 e. The zero-order chi connectivity index (χ0) is 17.6. The second kappa shape index (κ2) is 8.52. The number of pyridine rings is 1. The van der Waals surface area contributed by atoms with Crippen LogP contribution in [0.2, 0.25) is 0 Å². The first kappa shape index (κ1) is 18.0. The van der Waals surface area contributed by atoms with Gasteiger partial charge in [-0.3, -0.25) is 9.88 Å². The van der Waals surface area contributed by atoms with Crippen molar-refractivity contribution < 1.29 is 9.50 Å². The zero-order valence-electron chi connectivity index (χ0n) is 14.7. The minimum absolute atomic E-state index is 0.262. The Labute approximate surface area is 148 Å². The number of nitrogens with zero attached hydrogens (tertiary/aromatic N) is 2. The van der Waals surface area contributed by atoms with Crippen LogP contribution in [-0.4, -0.2) is 34.1 Å². The Morgan fingerprint density at radius 3 is 2.92 bits per heavy atom. The van der Waals surface area contributed by atoms with E-state index in [9.17, 15) is 9.50 Å². The van der Waals surface area contributed by atoms with Crippen molar-refractivity contribution in [2.24, 2.45) is 5.92 Å². The summed E-state index contributed by atoms with van der Waals surface area (Å²) in [5.41, 5.74) is 2.48. The van der Waals surface area contributed by atoms with Gasteiger partial charge in [-0.25, -0.2) is 4.39 Å². The van der Waals surface area contributed by atoms with Crippen molar-refractivity contribution in [2.75, 3.05) is 13.1 Å². The molecule has 2 atom stereocenters. The van der Waals surface area contributed by atoms with E-state index < -0.39 is 0 Å². The van der Waals surface area contributed by atoms with E-state index in [2.05, 4.69) is 28.2 Å². The molecule has 0 bridgehead atoms. The molecule has 1 aliphatic rings. The Balaban J connectivity index is 1.50. The fourth-order valence-corrected chi connectivity index (χ4v) is 3.51. The molecule has 2 unspecified atom stereocenters. The van der Waals surface area contributed by atoms with Crippen LogP contribution in [0, 0.1) is 11.7 Å². The van der Waals surface area contributed by atoms with Gasteiger partial charge < -0.3 is 10.4 Å². The molecule has 3 rings (SSSR count). The lowest BCUT2D eigenvalue weighted by Gasteiger charge is -2.37. The van der Waals surface area contributed by atoms with Crippen molar-refractivity contribution >= 4 is 0 Å². The zero-order valence-corrected chi connectivity index (χ0v) is 14.7. The van der Waals surface area contributed by atoms with E-state index in [-0.39, 0.29) is 12.4 Å². The van der Waals surface area contributed by atoms with Crippen LogP contribution in [0.15, 0.2) is 42.6 Å². The van der Waals surface area contributed by atoms with E-state index in [1.54, 1.807) is 12.1 Å². The molecule has 0 spiro atoms. The van der Waals surface area contributed by atoms with Crippen molar-refractivity contribution in [2.45, 2.75) is 39.1 Å². The van der Waals surface area contributed by atoms with E-state index in [0.29, 0.717) is 24.1 Å². The van der Waals surface area contributed by atoms with Crippen molar-refractivity contribution in [3.63, 3.8) is 0 Å². The highest BCUT2D eigenvalue weighted by atomic mass is 19.1. The Hall–Kier alpha value is -1.82. The highest BCUT2D eigenvalue weighted by Gasteiger charge is 2.25. The molecule has 2 N–H and O–H groups in total. The van der Waals surface area contributed by atoms with Crippen molar-refractivity contribution in [3.8, 4) is 0 Å². The molecule has 1 aromatic heterocycles. The highest BCUT2D eigenvalue weighted by Crippen LogP contribution is 2.19. The van der Waals surface area contributed by atoms with Gasteiger partial charge in [-0.2, -0.15) is 0 Å². The Morgan fingerprint density at radius 1 is 1.32 bits per heavy atom. The van der Waals surface area contributed by atoms with Gasteiger partial charge in [0.05, 0.1) is 12.3 Å². The van der Waals surface area contributed by atoms with Gasteiger partial charge in [0.25, 0.3) is 0 Å². The Kier molecular flexibility index (Phi) is 6.13. The van der Waals surface area contributed by atoms with Gasteiger partial charge in [-0.15, -0.1) is 0 Å². The molecule has 1 aliphatic heterocycles. The number of aliphatic hydroxyl groups excluding tert-OH is 1. The maximum atomic E-state index is 13.5. The lowest BCUT2D eigenvalue weighted by molar-refractivity contribution is 0.139. The third kappa shape index (κ3) is 4.84. The summed E-state index contributed by atoms with van der Waals surface area (Å²) < 4.78 is 13.5. The summed E-state index contributed by atoms with van der Waals surface area (Å²) in [5.74, 6) is 0.192. The summed E-state index contributed by atoms with van der Waals surface area (Å²) in [6, 6.07) is 11.4. The number of halogens is 1. The number of likely N-dealkylation sites (tertiary alicyclic amines) is 1. The van der Waals surface area contributed by atoms with Crippen LogP contribution in [0.3, 0.4) is 0 Å². The minimum atomic E-state index is -0.345. The third-order valence-electron chi connectivity index (χ3n) is 4.95. The molecule has 2 heterocycles. The van der Waals surface area contributed by atoms with Crippen LogP contribution in [0.4, 0.5) is 4.39 Å². The van der Waals surface area contributed by atoms with E-state index in [1.165, 1.54) is 6.07 Å². The average Bonchev–Trinajstić information content (AvgIpc) is 2.63. The van der Waals surface area contributed by atoms with Gasteiger partial charge in [0.15, 0.2) is 0 Å². The van der Waals surface area contributed by atoms with Crippen LogP contribution in [0.25, 0.3) is 0 Å². The van der Waals surface area contributed by atoms with Gasteiger partial charge in [0, 0.05) is 44.0 Å². The molecule has 1 aromatic carbocycles. The fourth-order valence-electron chi connectivity index (χ4n) is 3.51. The molecule has 5 heteroatoms. The topological polar surface area (TPSA) is 48.4 Å². The number of nitrogens with one attached hydrogen (secondary N) is 1. The average molecular weight is 343 g/mol. The maximum absolute atomic E-state index is 13.5. The van der Waals surface area contributed by atoms with Gasteiger partial charge in [0.1, 0.15) is 5.82 Å². The standard InChI is InChI=1S/C20H26FN3O/c1-15-12-24(13-18-4-2-3-8-22-18)9-7-20(15)23-11-16-5-6-19(21)17(10-16)14-25/h2-6,8,10,15,20,23,25H,7,9,11-14H2,1H3.